The van der Waals surface area contributed by atoms with Gasteiger partial charge in [0.1, 0.15) is 5.82 Å². The van der Waals surface area contributed by atoms with Gasteiger partial charge in [-0.15, -0.1) is 0 Å². The Kier molecular flexibility index (Phi) is 4.07. The average molecular weight is 299 g/mol. The van der Waals surface area contributed by atoms with Gasteiger partial charge in [0.25, 0.3) is 0 Å². The molecule has 2 N–H and O–H groups in total. The summed E-state index contributed by atoms with van der Waals surface area (Å²) in [5.41, 5.74) is 9.45. The van der Waals surface area contributed by atoms with E-state index in [4.69, 9.17) is 5.73 Å². The first-order valence-electron chi connectivity index (χ1n) is 7.93. The van der Waals surface area contributed by atoms with Crippen LogP contribution < -0.4 is 10.6 Å². The molecule has 1 aromatic heterocycles. The van der Waals surface area contributed by atoms with Crippen molar-refractivity contribution in [2.75, 3.05) is 36.8 Å². The van der Waals surface area contributed by atoms with E-state index in [0.29, 0.717) is 11.9 Å². The summed E-state index contributed by atoms with van der Waals surface area (Å²) in [6, 6.07) is 9.28. The summed E-state index contributed by atoms with van der Waals surface area (Å²) in [7, 11) is 1.86. The summed E-state index contributed by atoms with van der Waals surface area (Å²) in [5.74, 6) is 0.707. The van der Waals surface area contributed by atoms with E-state index in [9.17, 15) is 0 Å². The van der Waals surface area contributed by atoms with Gasteiger partial charge in [0.15, 0.2) is 0 Å². The molecule has 1 aliphatic heterocycles. The maximum atomic E-state index is 6.04. The van der Waals surface area contributed by atoms with Gasteiger partial charge in [0.2, 0.25) is 0 Å². The van der Waals surface area contributed by atoms with Gasteiger partial charge in [-0.05, 0) is 31.5 Å². The number of rotatable bonds is 3. The minimum absolute atomic E-state index is 0.637. The van der Waals surface area contributed by atoms with Crippen molar-refractivity contribution < 1.29 is 0 Å². The van der Waals surface area contributed by atoms with E-state index in [1.807, 2.05) is 13.2 Å². The van der Waals surface area contributed by atoms with Gasteiger partial charge >= 0.3 is 0 Å². The summed E-state index contributed by atoms with van der Waals surface area (Å²) in [6.07, 6.45) is 1.83. The zero-order valence-electron chi connectivity index (χ0n) is 13.7. The van der Waals surface area contributed by atoms with Crippen LogP contribution in [0.5, 0.6) is 0 Å². The van der Waals surface area contributed by atoms with Crippen molar-refractivity contribution in [3.05, 3.63) is 30.5 Å². The molecule has 0 spiro atoms. The molecule has 1 aliphatic rings. The smallest absolute Gasteiger partial charge is 0.129 e. The lowest BCUT2D eigenvalue weighted by molar-refractivity contribution is 0.209. The SMILES string of the molecule is CC(C)N1CCN(c2ccc(-c3cnn(C)c3N)cc2)CC1. The maximum absolute atomic E-state index is 6.04. The fraction of sp³-hybridized carbons (Fsp3) is 0.471. The molecule has 5 heteroatoms. The molecule has 0 atom stereocenters. The highest BCUT2D eigenvalue weighted by molar-refractivity contribution is 5.74. The van der Waals surface area contributed by atoms with Crippen molar-refractivity contribution in [1.82, 2.24) is 14.7 Å². The predicted octanol–water partition coefficient (Wildman–Crippen LogP) is 2.20. The quantitative estimate of drug-likeness (QED) is 0.944. The second-order valence-corrected chi connectivity index (χ2v) is 6.23. The molecule has 1 aromatic carbocycles. The van der Waals surface area contributed by atoms with Gasteiger partial charge in [-0.2, -0.15) is 5.10 Å². The fourth-order valence-corrected chi connectivity index (χ4v) is 3.02. The van der Waals surface area contributed by atoms with Crippen LogP contribution in [-0.2, 0) is 7.05 Å². The first kappa shape index (κ1) is 14.9. The van der Waals surface area contributed by atoms with Crippen molar-refractivity contribution >= 4 is 11.5 Å². The Morgan fingerprint density at radius 1 is 1.05 bits per heavy atom. The third-order valence-corrected chi connectivity index (χ3v) is 4.57. The largest absolute Gasteiger partial charge is 0.383 e. The van der Waals surface area contributed by atoms with E-state index in [1.54, 1.807) is 4.68 Å². The second-order valence-electron chi connectivity index (χ2n) is 6.23. The molecule has 0 radical (unpaired) electrons. The number of hydrogen-bond donors (Lipinski definition) is 1. The van der Waals surface area contributed by atoms with E-state index >= 15 is 0 Å². The number of aromatic nitrogens is 2. The lowest BCUT2D eigenvalue weighted by atomic mass is 10.1. The maximum Gasteiger partial charge on any atom is 0.129 e. The molecule has 0 aliphatic carbocycles. The first-order valence-corrected chi connectivity index (χ1v) is 7.93. The molecule has 0 saturated carbocycles. The van der Waals surface area contributed by atoms with Crippen LogP contribution in [0.2, 0.25) is 0 Å². The molecule has 0 bridgehead atoms. The van der Waals surface area contributed by atoms with Gasteiger partial charge in [-0.1, -0.05) is 12.1 Å². The van der Waals surface area contributed by atoms with E-state index in [0.717, 1.165) is 37.3 Å². The third-order valence-electron chi connectivity index (χ3n) is 4.57. The number of aryl methyl sites for hydroxylation is 1. The van der Waals surface area contributed by atoms with E-state index in [2.05, 4.69) is 53.0 Å². The normalized spacial score (nSPS) is 16.5. The van der Waals surface area contributed by atoms with Crippen LogP contribution in [-0.4, -0.2) is 46.9 Å². The standard InChI is InChI=1S/C17H25N5/c1-13(2)21-8-10-22(11-9-21)15-6-4-14(5-7-15)16-12-19-20(3)17(16)18/h4-7,12-13H,8-11,18H2,1-3H3. The molecule has 1 saturated heterocycles. The monoisotopic (exact) mass is 299 g/mol. The van der Waals surface area contributed by atoms with Crippen LogP contribution in [0.4, 0.5) is 11.5 Å². The predicted molar refractivity (Wildman–Crippen MR) is 92.0 cm³/mol. The van der Waals surface area contributed by atoms with Crippen LogP contribution in [0.1, 0.15) is 13.8 Å². The Balaban J connectivity index is 1.71. The van der Waals surface area contributed by atoms with Gasteiger partial charge in [0, 0.05) is 50.5 Å². The molecule has 3 rings (SSSR count). The molecule has 0 amide bonds. The minimum atomic E-state index is 0.637. The summed E-state index contributed by atoms with van der Waals surface area (Å²) in [5, 5.41) is 4.21. The van der Waals surface area contributed by atoms with Crippen LogP contribution in [0.25, 0.3) is 11.1 Å². The highest BCUT2D eigenvalue weighted by Gasteiger charge is 2.19. The highest BCUT2D eigenvalue weighted by Crippen LogP contribution is 2.27. The number of nitrogens with two attached hydrogens (primary N) is 1. The third kappa shape index (κ3) is 2.81. The number of benzene rings is 1. The number of piperazine rings is 1. The van der Waals surface area contributed by atoms with Crippen LogP contribution in [0.15, 0.2) is 30.5 Å². The molecular weight excluding hydrogens is 274 g/mol. The van der Waals surface area contributed by atoms with Gasteiger partial charge in [0.05, 0.1) is 6.20 Å². The van der Waals surface area contributed by atoms with Crippen LogP contribution in [0, 0.1) is 0 Å². The topological polar surface area (TPSA) is 50.3 Å². The molecule has 118 valence electrons. The number of anilines is 2. The number of hydrogen-bond acceptors (Lipinski definition) is 4. The van der Waals surface area contributed by atoms with Gasteiger partial charge in [-0.25, -0.2) is 0 Å². The van der Waals surface area contributed by atoms with Crippen molar-refractivity contribution in [2.24, 2.45) is 7.05 Å². The Morgan fingerprint density at radius 3 is 2.18 bits per heavy atom. The lowest BCUT2D eigenvalue weighted by Gasteiger charge is -2.38. The number of nitrogens with zero attached hydrogens (tertiary/aromatic N) is 4. The van der Waals surface area contributed by atoms with Gasteiger partial charge < -0.3 is 10.6 Å². The molecule has 22 heavy (non-hydrogen) atoms. The van der Waals surface area contributed by atoms with Crippen molar-refractivity contribution in [3.8, 4) is 11.1 Å². The zero-order chi connectivity index (χ0) is 15.7. The van der Waals surface area contributed by atoms with Crippen LogP contribution in [0.3, 0.4) is 0 Å². The molecule has 1 fully saturated rings. The molecule has 0 unspecified atom stereocenters. The summed E-state index contributed by atoms with van der Waals surface area (Å²) in [6.45, 7) is 8.98. The van der Waals surface area contributed by atoms with E-state index in [1.165, 1.54) is 5.69 Å². The van der Waals surface area contributed by atoms with E-state index in [-0.39, 0.29) is 0 Å². The first-order chi connectivity index (χ1) is 10.6. The Bertz CT molecular complexity index is 621. The molecule has 5 nitrogen and oxygen atoms in total. The Morgan fingerprint density at radius 2 is 1.68 bits per heavy atom. The van der Waals surface area contributed by atoms with Crippen molar-refractivity contribution in [2.45, 2.75) is 19.9 Å². The Labute approximate surface area is 132 Å². The molecule has 2 heterocycles. The van der Waals surface area contributed by atoms with E-state index < -0.39 is 0 Å². The average Bonchev–Trinajstić information content (AvgIpc) is 2.87. The van der Waals surface area contributed by atoms with Gasteiger partial charge in [-0.3, -0.25) is 9.58 Å². The number of nitrogen functional groups attached to an aromatic ring is 1. The minimum Gasteiger partial charge on any atom is -0.383 e. The lowest BCUT2D eigenvalue weighted by Crippen LogP contribution is -2.48. The molecular formula is C17H25N5. The fourth-order valence-electron chi connectivity index (χ4n) is 3.02. The second kappa shape index (κ2) is 6.01. The van der Waals surface area contributed by atoms with Crippen LogP contribution >= 0.6 is 0 Å². The van der Waals surface area contributed by atoms with Crippen molar-refractivity contribution in [3.63, 3.8) is 0 Å². The summed E-state index contributed by atoms with van der Waals surface area (Å²) < 4.78 is 1.70. The summed E-state index contributed by atoms with van der Waals surface area (Å²) in [4.78, 5) is 4.98. The molecule has 2 aromatic rings. The highest BCUT2D eigenvalue weighted by atomic mass is 15.3. The summed E-state index contributed by atoms with van der Waals surface area (Å²) >= 11 is 0. The zero-order valence-corrected chi connectivity index (χ0v) is 13.7. The van der Waals surface area contributed by atoms with Crippen molar-refractivity contribution in [1.29, 1.82) is 0 Å². The Hall–Kier alpha value is -2.01.